The van der Waals surface area contributed by atoms with Crippen LogP contribution in [0.4, 0.5) is 13.2 Å². The first-order valence-corrected chi connectivity index (χ1v) is 7.49. The second-order valence-corrected chi connectivity index (χ2v) is 6.00. The molecule has 0 radical (unpaired) electrons. The summed E-state index contributed by atoms with van der Waals surface area (Å²) in [6, 6.07) is 7.35. The zero-order valence-corrected chi connectivity index (χ0v) is 13.4. The van der Waals surface area contributed by atoms with Gasteiger partial charge in [0.2, 0.25) is 0 Å². The average molecular weight is 390 g/mol. The first-order valence-electron chi connectivity index (χ1n) is 6.32. The Morgan fingerprint density at radius 1 is 1.18 bits per heavy atom. The first kappa shape index (κ1) is 15.4. The molecule has 0 aliphatic rings. The molecular weight excluding hydrogens is 381 g/mol. The molecule has 22 heavy (non-hydrogen) atoms. The fourth-order valence-electron chi connectivity index (χ4n) is 2.37. The number of nitrogens with zero attached hydrogens (tertiary/aromatic N) is 2. The van der Waals surface area contributed by atoms with Crippen molar-refractivity contribution >= 4 is 38.6 Å². The third-order valence-electron chi connectivity index (χ3n) is 3.34. The van der Waals surface area contributed by atoms with Crippen molar-refractivity contribution in [1.82, 2.24) is 9.55 Å². The zero-order valence-electron chi connectivity index (χ0n) is 11.0. The number of aromatic nitrogens is 2. The van der Waals surface area contributed by atoms with Crippen LogP contribution in [0.25, 0.3) is 11.0 Å². The van der Waals surface area contributed by atoms with Crippen molar-refractivity contribution in [1.29, 1.82) is 0 Å². The maximum absolute atomic E-state index is 13.2. The van der Waals surface area contributed by atoms with Crippen molar-refractivity contribution in [3.05, 3.63) is 63.3 Å². The Bertz CT molecular complexity index is 842. The van der Waals surface area contributed by atoms with Crippen molar-refractivity contribution < 1.29 is 13.2 Å². The topological polar surface area (TPSA) is 17.8 Å². The molecule has 7 heteroatoms. The minimum absolute atomic E-state index is 0.0162. The molecule has 3 rings (SSSR count). The fraction of sp³-hybridized carbons (Fsp3) is 0.133. The van der Waals surface area contributed by atoms with Crippen molar-refractivity contribution in [3.63, 3.8) is 0 Å². The van der Waals surface area contributed by atoms with E-state index in [1.54, 1.807) is 29.1 Å². The van der Waals surface area contributed by atoms with Crippen molar-refractivity contribution in [2.24, 2.45) is 0 Å². The van der Waals surface area contributed by atoms with E-state index < -0.39 is 11.7 Å². The molecule has 3 aromatic rings. The summed E-state index contributed by atoms with van der Waals surface area (Å²) in [5, 5.41) is 0.0942. The predicted octanol–water partition coefficient (Wildman–Crippen LogP) is 5.52. The number of rotatable bonds is 2. The van der Waals surface area contributed by atoms with Gasteiger partial charge in [-0.25, -0.2) is 0 Å². The lowest BCUT2D eigenvalue weighted by molar-refractivity contribution is -0.138. The molecule has 0 N–H and O–H groups in total. The van der Waals surface area contributed by atoms with Crippen LogP contribution in [-0.4, -0.2) is 9.55 Å². The van der Waals surface area contributed by atoms with E-state index in [2.05, 4.69) is 20.9 Å². The molecule has 2 aromatic heterocycles. The van der Waals surface area contributed by atoms with Crippen LogP contribution in [-0.2, 0) is 12.7 Å². The van der Waals surface area contributed by atoms with E-state index in [0.29, 0.717) is 5.52 Å². The SMILES string of the molecule is FC(F)(F)c1cccc(Cl)c1Cn1cc(Br)c2ncccc21. The maximum atomic E-state index is 13.2. The number of hydrogen-bond donors (Lipinski definition) is 0. The Balaban J connectivity index is 2.14. The Labute approximate surface area is 137 Å². The zero-order chi connectivity index (χ0) is 15.9. The van der Waals surface area contributed by atoms with E-state index >= 15 is 0 Å². The first-order chi connectivity index (χ1) is 10.4. The summed E-state index contributed by atoms with van der Waals surface area (Å²) >= 11 is 9.37. The van der Waals surface area contributed by atoms with Crippen LogP contribution >= 0.6 is 27.5 Å². The lowest BCUT2D eigenvalue weighted by Crippen LogP contribution is -2.12. The standard InChI is InChI=1S/C15H9BrClF3N2/c16-11-8-22(13-5-2-6-21-14(11)13)7-9-10(15(18,19)20)3-1-4-12(9)17/h1-6,8H,7H2. The quantitative estimate of drug-likeness (QED) is 0.564. The van der Waals surface area contributed by atoms with E-state index in [1.807, 2.05) is 0 Å². The van der Waals surface area contributed by atoms with Crippen LogP contribution in [0.2, 0.25) is 5.02 Å². The molecule has 0 atom stereocenters. The largest absolute Gasteiger partial charge is 0.416 e. The van der Waals surface area contributed by atoms with Gasteiger partial charge in [-0.15, -0.1) is 0 Å². The summed E-state index contributed by atoms with van der Waals surface area (Å²) in [5.74, 6) is 0. The highest BCUT2D eigenvalue weighted by Gasteiger charge is 2.34. The molecule has 0 saturated carbocycles. The summed E-state index contributed by atoms with van der Waals surface area (Å²) in [5.41, 5.74) is 0.761. The van der Waals surface area contributed by atoms with Crippen LogP contribution < -0.4 is 0 Å². The maximum Gasteiger partial charge on any atom is 0.416 e. The normalized spacial score (nSPS) is 12.0. The molecule has 0 unspecified atom stereocenters. The molecule has 0 amide bonds. The molecule has 0 aliphatic heterocycles. The highest BCUT2D eigenvalue weighted by atomic mass is 79.9. The number of halogens is 5. The van der Waals surface area contributed by atoms with Gasteiger partial charge >= 0.3 is 6.18 Å². The van der Waals surface area contributed by atoms with E-state index in [4.69, 9.17) is 11.6 Å². The molecular formula is C15H9BrClF3N2. The van der Waals surface area contributed by atoms with Crippen LogP contribution in [0.15, 0.2) is 47.2 Å². The Hall–Kier alpha value is -1.53. The molecule has 1 aromatic carbocycles. The minimum atomic E-state index is -4.45. The summed E-state index contributed by atoms with van der Waals surface area (Å²) in [4.78, 5) is 4.21. The predicted molar refractivity (Wildman–Crippen MR) is 83.0 cm³/mol. The molecule has 0 saturated heterocycles. The number of fused-ring (bicyclic) bond motifs is 1. The molecule has 2 heterocycles. The van der Waals surface area contributed by atoms with Crippen LogP contribution in [0, 0.1) is 0 Å². The van der Waals surface area contributed by atoms with E-state index in [-0.39, 0.29) is 17.1 Å². The third kappa shape index (κ3) is 2.73. The summed E-state index contributed by atoms with van der Waals surface area (Å²) in [7, 11) is 0. The van der Waals surface area contributed by atoms with Gasteiger partial charge in [0.05, 0.1) is 15.6 Å². The molecule has 114 valence electrons. The molecule has 2 nitrogen and oxygen atoms in total. The molecule has 0 spiro atoms. The number of pyridine rings is 1. The minimum Gasteiger partial charge on any atom is -0.340 e. The smallest absolute Gasteiger partial charge is 0.340 e. The number of benzene rings is 1. The van der Waals surface area contributed by atoms with E-state index in [9.17, 15) is 13.2 Å². The molecule has 0 bridgehead atoms. The lowest BCUT2D eigenvalue weighted by Gasteiger charge is -2.15. The summed E-state index contributed by atoms with van der Waals surface area (Å²) in [6.45, 7) is 0.0162. The Morgan fingerprint density at radius 3 is 2.68 bits per heavy atom. The van der Waals surface area contributed by atoms with Gasteiger partial charge in [-0.2, -0.15) is 13.2 Å². The fourth-order valence-corrected chi connectivity index (χ4v) is 3.15. The Morgan fingerprint density at radius 2 is 1.95 bits per heavy atom. The monoisotopic (exact) mass is 388 g/mol. The highest BCUT2D eigenvalue weighted by Crippen LogP contribution is 2.36. The van der Waals surface area contributed by atoms with E-state index in [1.165, 1.54) is 12.1 Å². The third-order valence-corrected chi connectivity index (χ3v) is 4.28. The van der Waals surface area contributed by atoms with Gasteiger partial charge in [0, 0.05) is 29.5 Å². The van der Waals surface area contributed by atoms with Gasteiger partial charge in [-0.3, -0.25) is 4.98 Å². The second kappa shape index (κ2) is 5.59. The van der Waals surface area contributed by atoms with Crippen molar-refractivity contribution in [3.8, 4) is 0 Å². The van der Waals surface area contributed by atoms with Crippen molar-refractivity contribution in [2.45, 2.75) is 12.7 Å². The summed E-state index contributed by atoms with van der Waals surface area (Å²) in [6.07, 6.45) is -1.10. The highest BCUT2D eigenvalue weighted by molar-refractivity contribution is 9.10. The van der Waals surface area contributed by atoms with Crippen LogP contribution in [0.5, 0.6) is 0 Å². The van der Waals surface area contributed by atoms with Gasteiger partial charge < -0.3 is 4.57 Å². The van der Waals surface area contributed by atoms with Gasteiger partial charge in [-0.1, -0.05) is 17.7 Å². The average Bonchev–Trinajstić information content (AvgIpc) is 2.77. The van der Waals surface area contributed by atoms with E-state index in [0.717, 1.165) is 16.1 Å². The van der Waals surface area contributed by atoms with Gasteiger partial charge in [0.1, 0.15) is 5.52 Å². The van der Waals surface area contributed by atoms with Gasteiger partial charge in [-0.05, 0) is 40.2 Å². The lowest BCUT2D eigenvalue weighted by atomic mass is 10.1. The molecule has 0 aliphatic carbocycles. The number of alkyl halides is 3. The van der Waals surface area contributed by atoms with Crippen molar-refractivity contribution in [2.75, 3.05) is 0 Å². The number of hydrogen-bond acceptors (Lipinski definition) is 1. The van der Waals surface area contributed by atoms with Gasteiger partial charge in [0.25, 0.3) is 0 Å². The van der Waals surface area contributed by atoms with Crippen LogP contribution in [0.3, 0.4) is 0 Å². The second-order valence-electron chi connectivity index (χ2n) is 4.74. The van der Waals surface area contributed by atoms with Crippen LogP contribution in [0.1, 0.15) is 11.1 Å². The summed E-state index contributed by atoms with van der Waals surface area (Å²) < 4.78 is 41.9. The van der Waals surface area contributed by atoms with Gasteiger partial charge in [0.15, 0.2) is 0 Å². The molecule has 0 fully saturated rings. The Kier molecular flexibility index (Phi) is 3.91.